The van der Waals surface area contributed by atoms with Crippen LogP contribution in [-0.4, -0.2) is 18.2 Å². The molecule has 0 aliphatic rings. The molecule has 1 N–H and O–H groups in total. The zero-order valence-electron chi connectivity index (χ0n) is 9.79. The first-order chi connectivity index (χ1) is 8.70. The summed E-state index contributed by atoms with van der Waals surface area (Å²) in [6.45, 7) is 0. The number of benzene rings is 2. The molecule has 0 heterocycles. The van der Waals surface area contributed by atoms with Gasteiger partial charge in [-0.1, -0.05) is 12.1 Å². The maximum atomic E-state index is 11.9. The van der Waals surface area contributed by atoms with Gasteiger partial charge >= 0.3 is 5.97 Å². The first-order valence-corrected chi connectivity index (χ1v) is 5.35. The van der Waals surface area contributed by atoms with Gasteiger partial charge in [-0.3, -0.25) is 0 Å². The summed E-state index contributed by atoms with van der Waals surface area (Å²) in [5, 5.41) is 9.13. The number of ether oxygens (including phenoxy) is 2. The van der Waals surface area contributed by atoms with Crippen molar-refractivity contribution in [3.8, 4) is 17.2 Å². The third-order valence-corrected chi connectivity index (χ3v) is 2.37. The SMILES string of the molecule is COc1ccccc1C(=O)Oc1ccc(O)cc1. The zero-order valence-corrected chi connectivity index (χ0v) is 9.79. The van der Waals surface area contributed by atoms with E-state index in [4.69, 9.17) is 14.6 Å². The van der Waals surface area contributed by atoms with E-state index in [0.29, 0.717) is 17.1 Å². The van der Waals surface area contributed by atoms with Crippen LogP contribution in [0.3, 0.4) is 0 Å². The van der Waals surface area contributed by atoms with E-state index in [0.717, 1.165) is 0 Å². The van der Waals surface area contributed by atoms with Crippen molar-refractivity contribution in [1.29, 1.82) is 0 Å². The molecule has 0 spiro atoms. The summed E-state index contributed by atoms with van der Waals surface area (Å²) >= 11 is 0. The van der Waals surface area contributed by atoms with Crippen LogP contribution in [0.25, 0.3) is 0 Å². The summed E-state index contributed by atoms with van der Waals surface area (Å²) in [7, 11) is 1.49. The van der Waals surface area contributed by atoms with Gasteiger partial charge in [0.1, 0.15) is 22.8 Å². The smallest absolute Gasteiger partial charge is 0.347 e. The van der Waals surface area contributed by atoms with Gasteiger partial charge < -0.3 is 14.6 Å². The maximum Gasteiger partial charge on any atom is 0.347 e. The van der Waals surface area contributed by atoms with E-state index in [9.17, 15) is 4.79 Å². The van der Waals surface area contributed by atoms with Crippen molar-refractivity contribution in [2.45, 2.75) is 0 Å². The Bertz CT molecular complexity index is 546. The fraction of sp³-hybridized carbons (Fsp3) is 0.0714. The number of hydrogen-bond donors (Lipinski definition) is 1. The lowest BCUT2D eigenvalue weighted by Gasteiger charge is -2.08. The molecule has 18 heavy (non-hydrogen) atoms. The highest BCUT2D eigenvalue weighted by molar-refractivity contribution is 5.93. The number of para-hydroxylation sites is 1. The van der Waals surface area contributed by atoms with Crippen molar-refractivity contribution in [2.24, 2.45) is 0 Å². The fourth-order valence-corrected chi connectivity index (χ4v) is 1.49. The van der Waals surface area contributed by atoms with Crippen LogP contribution in [0.1, 0.15) is 10.4 Å². The van der Waals surface area contributed by atoms with E-state index in [1.807, 2.05) is 0 Å². The standard InChI is InChI=1S/C14H12O4/c1-17-13-5-3-2-4-12(13)14(16)18-11-8-6-10(15)7-9-11/h2-9,15H,1H3. The number of rotatable bonds is 3. The van der Waals surface area contributed by atoms with Crippen molar-refractivity contribution in [3.05, 3.63) is 54.1 Å². The maximum absolute atomic E-state index is 11.9. The fourth-order valence-electron chi connectivity index (χ4n) is 1.49. The summed E-state index contributed by atoms with van der Waals surface area (Å²) in [5.41, 5.74) is 0.355. The van der Waals surface area contributed by atoms with Gasteiger partial charge in [-0.15, -0.1) is 0 Å². The molecule has 92 valence electrons. The molecule has 0 aromatic heterocycles. The van der Waals surface area contributed by atoms with Crippen LogP contribution < -0.4 is 9.47 Å². The Balaban J connectivity index is 2.19. The van der Waals surface area contributed by atoms with Gasteiger partial charge in [0.05, 0.1) is 7.11 Å². The second-order valence-electron chi connectivity index (χ2n) is 3.58. The average molecular weight is 244 g/mol. The van der Waals surface area contributed by atoms with E-state index >= 15 is 0 Å². The van der Waals surface area contributed by atoms with Crippen LogP contribution >= 0.6 is 0 Å². The molecule has 4 heteroatoms. The number of hydrogen-bond acceptors (Lipinski definition) is 4. The minimum Gasteiger partial charge on any atom is -0.508 e. The highest BCUT2D eigenvalue weighted by Gasteiger charge is 2.13. The number of phenols is 1. The van der Waals surface area contributed by atoms with E-state index in [2.05, 4.69) is 0 Å². The van der Waals surface area contributed by atoms with Crippen LogP contribution in [0.5, 0.6) is 17.2 Å². The number of esters is 1. The summed E-state index contributed by atoms with van der Waals surface area (Å²) in [6, 6.07) is 12.8. The number of carbonyl (C=O) groups is 1. The van der Waals surface area contributed by atoms with Crippen LogP contribution in [0, 0.1) is 0 Å². The van der Waals surface area contributed by atoms with E-state index in [1.54, 1.807) is 24.3 Å². The minimum atomic E-state index is -0.502. The van der Waals surface area contributed by atoms with Crippen LogP contribution in [-0.2, 0) is 0 Å². The third kappa shape index (κ3) is 2.60. The van der Waals surface area contributed by atoms with Crippen LogP contribution in [0.15, 0.2) is 48.5 Å². The molecule has 0 aliphatic carbocycles. The molecule has 0 unspecified atom stereocenters. The molecule has 2 aromatic rings. The first-order valence-electron chi connectivity index (χ1n) is 5.35. The van der Waals surface area contributed by atoms with Gasteiger partial charge in [0.25, 0.3) is 0 Å². The van der Waals surface area contributed by atoms with Gasteiger partial charge in [0, 0.05) is 0 Å². The molecule has 4 nitrogen and oxygen atoms in total. The van der Waals surface area contributed by atoms with Gasteiger partial charge in [0.2, 0.25) is 0 Å². The van der Waals surface area contributed by atoms with Crippen molar-refractivity contribution in [1.82, 2.24) is 0 Å². The molecule has 0 aliphatic heterocycles. The summed E-state index contributed by atoms with van der Waals surface area (Å²) in [5.74, 6) is 0.440. The van der Waals surface area contributed by atoms with Crippen LogP contribution in [0.4, 0.5) is 0 Å². The predicted molar refractivity (Wildman–Crippen MR) is 66.1 cm³/mol. The normalized spacial score (nSPS) is 9.83. The number of phenolic OH excluding ortho intramolecular Hbond substituents is 1. The topological polar surface area (TPSA) is 55.8 Å². The Kier molecular flexibility index (Phi) is 3.48. The summed E-state index contributed by atoms with van der Waals surface area (Å²) in [4.78, 5) is 11.9. The van der Waals surface area contributed by atoms with Crippen molar-refractivity contribution in [3.63, 3.8) is 0 Å². The lowest BCUT2D eigenvalue weighted by molar-refractivity contribution is 0.0731. The Morgan fingerprint density at radius 3 is 2.39 bits per heavy atom. The highest BCUT2D eigenvalue weighted by Crippen LogP contribution is 2.21. The molecular formula is C14H12O4. The largest absolute Gasteiger partial charge is 0.508 e. The van der Waals surface area contributed by atoms with E-state index < -0.39 is 5.97 Å². The third-order valence-electron chi connectivity index (χ3n) is 2.37. The second-order valence-corrected chi connectivity index (χ2v) is 3.58. The molecule has 0 amide bonds. The minimum absolute atomic E-state index is 0.118. The van der Waals surface area contributed by atoms with Crippen molar-refractivity contribution in [2.75, 3.05) is 7.11 Å². The molecular weight excluding hydrogens is 232 g/mol. The Morgan fingerprint density at radius 2 is 1.72 bits per heavy atom. The Labute approximate surface area is 104 Å². The number of aromatic hydroxyl groups is 1. The predicted octanol–water partition coefficient (Wildman–Crippen LogP) is 2.62. The number of carbonyl (C=O) groups excluding carboxylic acids is 1. The van der Waals surface area contributed by atoms with Crippen LogP contribution in [0.2, 0.25) is 0 Å². The Morgan fingerprint density at radius 1 is 1.06 bits per heavy atom. The van der Waals surface area contributed by atoms with Crippen molar-refractivity contribution < 1.29 is 19.4 Å². The van der Waals surface area contributed by atoms with Crippen molar-refractivity contribution >= 4 is 5.97 Å². The number of methoxy groups -OCH3 is 1. The first kappa shape index (κ1) is 12.0. The molecule has 0 bridgehead atoms. The summed E-state index contributed by atoms with van der Waals surface area (Å²) < 4.78 is 10.3. The quantitative estimate of drug-likeness (QED) is 0.666. The lowest BCUT2D eigenvalue weighted by Crippen LogP contribution is -2.09. The molecule has 0 atom stereocenters. The molecule has 0 saturated heterocycles. The summed E-state index contributed by atoms with van der Waals surface area (Å²) in [6.07, 6.45) is 0. The molecule has 0 fully saturated rings. The average Bonchev–Trinajstić information content (AvgIpc) is 2.41. The van der Waals surface area contributed by atoms with E-state index in [1.165, 1.54) is 31.4 Å². The molecule has 0 saturated carbocycles. The van der Waals surface area contributed by atoms with E-state index in [-0.39, 0.29) is 5.75 Å². The molecule has 2 rings (SSSR count). The second kappa shape index (κ2) is 5.23. The molecule has 0 radical (unpaired) electrons. The van der Waals surface area contributed by atoms with Gasteiger partial charge in [0.15, 0.2) is 0 Å². The monoisotopic (exact) mass is 244 g/mol. The molecule has 2 aromatic carbocycles. The van der Waals surface area contributed by atoms with Gasteiger partial charge in [-0.05, 0) is 36.4 Å². The zero-order chi connectivity index (χ0) is 13.0. The lowest BCUT2D eigenvalue weighted by atomic mass is 10.2. The Hall–Kier alpha value is -2.49. The van der Waals surface area contributed by atoms with Gasteiger partial charge in [-0.25, -0.2) is 4.79 Å². The highest BCUT2D eigenvalue weighted by atomic mass is 16.5. The van der Waals surface area contributed by atoms with Gasteiger partial charge in [-0.2, -0.15) is 0 Å².